The maximum absolute atomic E-state index is 8.78. The van der Waals surface area contributed by atoms with Gasteiger partial charge in [-0.2, -0.15) is 0 Å². The lowest BCUT2D eigenvalue weighted by Gasteiger charge is -1.95. The smallest absolute Gasteiger partial charge is 0.0462 e. The zero-order valence-electron chi connectivity index (χ0n) is 7.71. The van der Waals surface area contributed by atoms with Crippen LogP contribution in [0.5, 0.6) is 0 Å². The van der Waals surface area contributed by atoms with E-state index in [1.807, 2.05) is 0 Å². The van der Waals surface area contributed by atoms with E-state index in [2.05, 4.69) is 6.92 Å². The second-order valence-electron chi connectivity index (χ2n) is 3.20. The van der Waals surface area contributed by atoms with Gasteiger partial charge in [-0.15, -0.1) is 0 Å². The van der Waals surface area contributed by atoms with Crippen LogP contribution in [0.25, 0.3) is 0 Å². The van der Waals surface area contributed by atoms with Gasteiger partial charge in [0.2, 0.25) is 0 Å². The van der Waals surface area contributed by atoms with Gasteiger partial charge in [-0.3, -0.25) is 0 Å². The van der Waals surface area contributed by atoms with Crippen molar-refractivity contribution in [2.45, 2.75) is 39.0 Å². The maximum atomic E-state index is 8.78. The van der Waals surface area contributed by atoms with Gasteiger partial charge in [-0.05, 0) is 18.2 Å². The van der Waals surface area contributed by atoms with Gasteiger partial charge in [0.25, 0.3) is 0 Å². The highest BCUT2D eigenvalue weighted by Gasteiger charge is 2.34. The topological polar surface area (TPSA) is 20.2 Å². The molecule has 1 nitrogen and oxygen atoms in total. The molecule has 1 rings (SSSR count). The van der Waals surface area contributed by atoms with E-state index in [-0.39, 0.29) is 13.0 Å². The normalized spacial score (nSPS) is 39.4. The van der Waals surface area contributed by atoms with E-state index in [9.17, 15) is 0 Å². The van der Waals surface area contributed by atoms with Crippen LogP contribution in [-0.2, 0) is 0 Å². The van der Waals surface area contributed by atoms with Crippen LogP contribution in [0.2, 0.25) is 0 Å². The highest BCUT2D eigenvalue weighted by Crippen LogP contribution is 2.41. The minimum atomic E-state index is 0.0526. The molecule has 1 unspecified atom stereocenters. The molecule has 0 radical (unpaired) electrons. The lowest BCUT2D eigenvalue weighted by molar-refractivity contribution is 0.267. The molecule has 0 bridgehead atoms. The second kappa shape index (κ2) is 3.97. The summed E-state index contributed by atoms with van der Waals surface area (Å²) in [6.07, 6.45) is 4.98. The van der Waals surface area contributed by atoms with Crippen molar-refractivity contribution < 1.29 is 6.48 Å². The number of aliphatic hydroxyl groups excluding tert-OH is 1. The molecular weight excluding hydrogens is 124 g/mol. The molecule has 10 heavy (non-hydrogen) atoms. The summed E-state index contributed by atoms with van der Waals surface area (Å²) in [5.41, 5.74) is 0. The van der Waals surface area contributed by atoms with Gasteiger partial charge in [0.05, 0.1) is 0 Å². The average Bonchev–Trinajstić information content (AvgIpc) is 2.62. The van der Waals surface area contributed by atoms with Crippen LogP contribution in [0.3, 0.4) is 0 Å². The van der Waals surface area contributed by atoms with Gasteiger partial charge in [0, 0.05) is 7.98 Å². The van der Waals surface area contributed by atoms with Gasteiger partial charge in [0.1, 0.15) is 0 Å². The minimum absolute atomic E-state index is 0.0526. The summed E-state index contributed by atoms with van der Waals surface area (Å²) < 4.78 is 7.48. The first-order chi connectivity index (χ1) is 5.31. The predicted molar refractivity (Wildman–Crippen MR) is 42.8 cm³/mol. The minimum Gasteiger partial charge on any atom is -0.396 e. The van der Waals surface area contributed by atoms with Crippen LogP contribution in [0.1, 0.15) is 40.4 Å². The fourth-order valence-electron chi connectivity index (χ4n) is 1.39. The maximum Gasteiger partial charge on any atom is 0.0462 e. The number of hydrogen-bond donors (Lipinski definition) is 1. The van der Waals surface area contributed by atoms with E-state index in [1.54, 1.807) is 0 Å². The van der Waals surface area contributed by atoms with Crippen molar-refractivity contribution in [1.29, 1.82) is 0 Å². The Morgan fingerprint density at radius 3 is 2.80 bits per heavy atom. The van der Waals surface area contributed by atoms with E-state index in [0.717, 1.165) is 6.42 Å². The van der Waals surface area contributed by atoms with Gasteiger partial charge in [0.15, 0.2) is 0 Å². The molecule has 1 fully saturated rings. The number of rotatable bonds is 5. The van der Waals surface area contributed by atoms with Crippen molar-refractivity contribution in [3.05, 3.63) is 0 Å². The summed E-state index contributed by atoms with van der Waals surface area (Å²) >= 11 is 0. The van der Waals surface area contributed by atoms with Crippen LogP contribution in [0.15, 0.2) is 0 Å². The summed E-state index contributed by atoms with van der Waals surface area (Å²) in [7, 11) is 0. The Kier molecular flexibility index (Phi) is 2.64. The fourth-order valence-corrected chi connectivity index (χ4v) is 1.39. The van der Waals surface area contributed by atoms with E-state index >= 15 is 0 Å². The Morgan fingerprint density at radius 1 is 1.50 bits per heavy atom. The van der Waals surface area contributed by atoms with Crippen LogP contribution >= 0.6 is 0 Å². The van der Waals surface area contributed by atoms with Crippen molar-refractivity contribution in [3.63, 3.8) is 0 Å². The van der Waals surface area contributed by atoms with Crippen molar-refractivity contribution >= 4 is 0 Å². The lowest BCUT2D eigenvalue weighted by Crippen LogP contribution is -1.88. The number of aliphatic hydroxyl groups is 1. The van der Waals surface area contributed by atoms with E-state index < -0.39 is 0 Å². The first-order valence-corrected chi connectivity index (χ1v) is 4.34. The molecule has 3 atom stereocenters. The molecule has 1 aliphatic carbocycles. The third-order valence-corrected chi connectivity index (χ3v) is 2.26. The van der Waals surface area contributed by atoms with Gasteiger partial charge in [-0.1, -0.05) is 32.6 Å². The largest absolute Gasteiger partial charge is 0.396 e. The Hall–Kier alpha value is -0.0400. The van der Waals surface area contributed by atoms with Crippen molar-refractivity contribution in [2.24, 2.45) is 11.8 Å². The van der Waals surface area contributed by atoms with E-state index in [0.29, 0.717) is 11.8 Å². The highest BCUT2D eigenvalue weighted by molar-refractivity contribution is 4.84. The first kappa shape index (κ1) is 6.66. The van der Waals surface area contributed by atoms with Crippen LogP contribution in [-0.4, -0.2) is 11.7 Å². The summed E-state index contributed by atoms with van der Waals surface area (Å²) in [5, 5.41) is 8.78. The summed E-state index contributed by atoms with van der Waals surface area (Å²) in [6.45, 7) is 2.42. The van der Waals surface area contributed by atoms with Crippen LogP contribution in [0.4, 0.5) is 0 Å². The molecule has 0 saturated heterocycles. The molecule has 0 aliphatic heterocycles. The Balaban J connectivity index is 2.01. The van der Waals surface area contributed by atoms with E-state index in [1.165, 1.54) is 19.3 Å². The molecule has 0 aromatic rings. The van der Waals surface area contributed by atoms with Crippen molar-refractivity contribution in [1.82, 2.24) is 0 Å². The molecule has 0 heterocycles. The summed E-state index contributed by atoms with van der Waals surface area (Å²) in [6, 6.07) is 0. The van der Waals surface area contributed by atoms with Crippen molar-refractivity contribution in [3.8, 4) is 0 Å². The molecular formula is C9H18O. The molecule has 1 saturated carbocycles. The molecule has 1 aliphatic rings. The summed E-state index contributed by atoms with van der Waals surface area (Å²) in [4.78, 5) is 0. The monoisotopic (exact) mass is 143 g/mol. The Bertz CT molecular complexity index is 116. The number of hydrogen-bond acceptors (Lipinski definition) is 1. The fraction of sp³-hybridized carbons (Fsp3) is 1.00. The molecule has 0 amide bonds. The molecule has 0 aromatic heterocycles. The average molecular weight is 143 g/mol. The standard InChI is InChI=1S/C9H18O/c1-2-3-4-5-8-6-9(8)7-10/h8-10H,2-7H2,1H3/t8-,9+/m0/s1/i6D/t6?,8-,9+. The SMILES string of the molecule is [2H]C1[C@H](CO)[C@H]1CCCCC. The van der Waals surface area contributed by atoms with Gasteiger partial charge < -0.3 is 5.11 Å². The third kappa shape index (κ3) is 2.30. The lowest BCUT2D eigenvalue weighted by atomic mass is 10.1. The van der Waals surface area contributed by atoms with Crippen LogP contribution < -0.4 is 0 Å². The highest BCUT2D eigenvalue weighted by atomic mass is 16.3. The van der Waals surface area contributed by atoms with Gasteiger partial charge >= 0.3 is 0 Å². The number of unbranched alkanes of at least 4 members (excludes halogenated alkanes) is 2. The van der Waals surface area contributed by atoms with Crippen molar-refractivity contribution in [2.75, 3.05) is 6.61 Å². The molecule has 0 aromatic carbocycles. The van der Waals surface area contributed by atoms with Gasteiger partial charge in [-0.25, -0.2) is 0 Å². The quantitative estimate of drug-likeness (QED) is 0.585. The van der Waals surface area contributed by atoms with Crippen LogP contribution in [0, 0.1) is 11.8 Å². The Labute approximate surface area is 64.9 Å². The Morgan fingerprint density at radius 2 is 2.30 bits per heavy atom. The summed E-state index contributed by atoms with van der Waals surface area (Å²) in [5.74, 6) is 0.832. The molecule has 0 spiro atoms. The molecule has 1 heteroatoms. The second-order valence-corrected chi connectivity index (χ2v) is 3.20. The predicted octanol–water partition coefficient (Wildman–Crippen LogP) is 2.20. The van der Waals surface area contributed by atoms with E-state index in [4.69, 9.17) is 6.48 Å². The molecule has 1 N–H and O–H groups in total. The third-order valence-electron chi connectivity index (χ3n) is 2.26. The first-order valence-electron chi connectivity index (χ1n) is 4.92. The zero-order chi connectivity index (χ0) is 8.27. The molecule has 60 valence electrons. The zero-order valence-corrected chi connectivity index (χ0v) is 6.71.